The number of aryl methyl sites for hydroxylation is 1. The number of anilines is 1. The molecule has 0 radical (unpaired) electrons. The van der Waals surface area contributed by atoms with E-state index in [1.54, 1.807) is 13.1 Å². The summed E-state index contributed by atoms with van der Waals surface area (Å²) in [4.78, 5) is 3.97. The van der Waals surface area contributed by atoms with Gasteiger partial charge in [-0.05, 0) is 31.9 Å². The highest BCUT2D eigenvalue weighted by molar-refractivity contribution is 5.47. The molecule has 3 heteroatoms. The fraction of sp³-hybridized carbons (Fsp3) is 0.500. The number of pyridine rings is 1. The van der Waals surface area contributed by atoms with Crippen LogP contribution in [0.3, 0.4) is 0 Å². The second-order valence-electron chi connectivity index (χ2n) is 3.52. The van der Waals surface area contributed by atoms with Gasteiger partial charge < -0.3 is 10.8 Å². The smallest absolute Gasteiger partial charge is 0.129 e. The van der Waals surface area contributed by atoms with Gasteiger partial charge in [-0.15, -0.1) is 0 Å². The van der Waals surface area contributed by atoms with Gasteiger partial charge in [-0.1, -0.05) is 6.92 Å². The second-order valence-corrected chi connectivity index (χ2v) is 3.52. The standard InChI is InChI=1S/C10H16N2O/c1-4-10(3,13)8-7(2)5-6-12-9(8)11/h5-6,13H,4H2,1-3H3,(H2,11,12). The number of nitrogen functional groups attached to an aromatic ring is 1. The Labute approximate surface area is 78.6 Å². The molecule has 1 rings (SSSR count). The minimum absolute atomic E-state index is 0.423. The second kappa shape index (κ2) is 3.34. The number of nitrogens with two attached hydrogens (primary N) is 1. The number of hydrogen-bond acceptors (Lipinski definition) is 3. The van der Waals surface area contributed by atoms with Gasteiger partial charge in [-0.3, -0.25) is 0 Å². The lowest BCUT2D eigenvalue weighted by Gasteiger charge is -2.24. The summed E-state index contributed by atoms with van der Waals surface area (Å²) in [6.45, 7) is 5.61. The molecular weight excluding hydrogens is 164 g/mol. The fourth-order valence-corrected chi connectivity index (χ4v) is 1.46. The molecule has 0 aliphatic heterocycles. The zero-order chi connectivity index (χ0) is 10.1. The van der Waals surface area contributed by atoms with E-state index in [4.69, 9.17) is 5.73 Å². The number of aromatic nitrogens is 1. The van der Waals surface area contributed by atoms with E-state index in [-0.39, 0.29) is 0 Å². The lowest BCUT2D eigenvalue weighted by atomic mass is 9.90. The molecule has 1 heterocycles. The van der Waals surface area contributed by atoms with E-state index in [0.29, 0.717) is 12.2 Å². The number of aliphatic hydroxyl groups is 1. The average Bonchev–Trinajstić information content (AvgIpc) is 2.03. The van der Waals surface area contributed by atoms with Crippen molar-refractivity contribution in [1.29, 1.82) is 0 Å². The molecule has 0 saturated carbocycles. The highest BCUT2D eigenvalue weighted by atomic mass is 16.3. The third kappa shape index (κ3) is 1.80. The molecule has 1 aromatic rings. The summed E-state index contributed by atoms with van der Waals surface area (Å²) in [6, 6.07) is 1.86. The molecular formula is C10H16N2O. The van der Waals surface area contributed by atoms with Crippen LogP contribution in [0.1, 0.15) is 31.4 Å². The Balaban J connectivity index is 3.28. The predicted molar refractivity (Wildman–Crippen MR) is 53.2 cm³/mol. The summed E-state index contributed by atoms with van der Waals surface area (Å²) in [5.74, 6) is 0.423. The normalized spacial score (nSPS) is 15.4. The third-order valence-corrected chi connectivity index (χ3v) is 2.42. The van der Waals surface area contributed by atoms with Crippen LogP contribution < -0.4 is 5.73 Å². The Bertz CT molecular complexity index is 288. The topological polar surface area (TPSA) is 59.1 Å². The number of nitrogens with zero attached hydrogens (tertiary/aromatic N) is 1. The summed E-state index contributed by atoms with van der Waals surface area (Å²) < 4.78 is 0. The quantitative estimate of drug-likeness (QED) is 0.726. The molecule has 72 valence electrons. The largest absolute Gasteiger partial charge is 0.385 e. The molecule has 0 spiro atoms. The third-order valence-electron chi connectivity index (χ3n) is 2.42. The van der Waals surface area contributed by atoms with Crippen LogP contribution in [-0.2, 0) is 5.60 Å². The van der Waals surface area contributed by atoms with Gasteiger partial charge >= 0.3 is 0 Å². The van der Waals surface area contributed by atoms with Crippen molar-refractivity contribution in [2.24, 2.45) is 0 Å². The molecule has 3 N–H and O–H groups in total. The van der Waals surface area contributed by atoms with Crippen molar-refractivity contribution in [1.82, 2.24) is 4.98 Å². The molecule has 0 fully saturated rings. The van der Waals surface area contributed by atoms with E-state index in [1.807, 2.05) is 19.9 Å². The van der Waals surface area contributed by atoms with Gasteiger partial charge in [0, 0.05) is 11.8 Å². The maximum atomic E-state index is 10.0. The minimum atomic E-state index is -0.873. The van der Waals surface area contributed by atoms with E-state index in [9.17, 15) is 5.11 Å². The van der Waals surface area contributed by atoms with E-state index in [0.717, 1.165) is 11.1 Å². The van der Waals surface area contributed by atoms with E-state index in [1.165, 1.54) is 0 Å². The fourth-order valence-electron chi connectivity index (χ4n) is 1.46. The minimum Gasteiger partial charge on any atom is -0.385 e. The number of hydrogen-bond donors (Lipinski definition) is 2. The average molecular weight is 180 g/mol. The van der Waals surface area contributed by atoms with Crippen LogP contribution >= 0.6 is 0 Å². The molecule has 1 unspecified atom stereocenters. The summed E-state index contributed by atoms with van der Waals surface area (Å²) >= 11 is 0. The van der Waals surface area contributed by atoms with Crippen LogP contribution in [0.2, 0.25) is 0 Å². The van der Waals surface area contributed by atoms with Crippen LogP contribution in [0.5, 0.6) is 0 Å². The van der Waals surface area contributed by atoms with Gasteiger partial charge in [-0.2, -0.15) is 0 Å². The SMILES string of the molecule is CCC(C)(O)c1c(C)ccnc1N. The molecule has 3 nitrogen and oxygen atoms in total. The van der Waals surface area contributed by atoms with Crippen molar-refractivity contribution in [3.8, 4) is 0 Å². The Morgan fingerprint density at radius 3 is 2.69 bits per heavy atom. The maximum Gasteiger partial charge on any atom is 0.129 e. The summed E-state index contributed by atoms with van der Waals surface area (Å²) in [7, 11) is 0. The Hall–Kier alpha value is -1.09. The van der Waals surface area contributed by atoms with Crippen molar-refractivity contribution in [3.05, 3.63) is 23.4 Å². The molecule has 0 aliphatic rings. The van der Waals surface area contributed by atoms with Crippen LogP contribution in [0.15, 0.2) is 12.3 Å². The lowest BCUT2D eigenvalue weighted by molar-refractivity contribution is 0.0529. The van der Waals surface area contributed by atoms with Gasteiger partial charge in [0.2, 0.25) is 0 Å². The highest BCUT2D eigenvalue weighted by Gasteiger charge is 2.25. The van der Waals surface area contributed by atoms with Crippen LogP contribution in [0.4, 0.5) is 5.82 Å². The maximum absolute atomic E-state index is 10.0. The highest BCUT2D eigenvalue weighted by Crippen LogP contribution is 2.30. The Morgan fingerprint density at radius 1 is 1.62 bits per heavy atom. The van der Waals surface area contributed by atoms with E-state index >= 15 is 0 Å². The van der Waals surface area contributed by atoms with Crippen LogP contribution in [0, 0.1) is 6.92 Å². The Kier molecular flexibility index (Phi) is 2.57. The van der Waals surface area contributed by atoms with Crippen molar-refractivity contribution in [2.45, 2.75) is 32.8 Å². The molecule has 1 aromatic heterocycles. The first-order valence-electron chi connectivity index (χ1n) is 4.43. The molecule has 0 aliphatic carbocycles. The number of rotatable bonds is 2. The Morgan fingerprint density at radius 2 is 2.23 bits per heavy atom. The van der Waals surface area contributed by atoms with Crippen LogP contribution in [-0.4, -0.2) is 10.1 Å². The van der Waals surface area contributed by atoms with Gasteiger partial charge in [-0.25, -0.2) is 4.98 Å². The zero-order valence-corrected chi connectivity index (χ0v) is 8.33. The van der Waals surface area contributed by atoms with Gasteiger partial charge in [0.1, 0.15) is 5.82 Å². The zero-order valence-electron chi connectivity index (χ0n) is 8.33. The summed E-state index contributed by atoms with van der Waals surface area (Å²) in [6.07, 6.45) is 2.28. The monoisotopic (exact) mass is 180 g/mol. The van der Waals surface area contributed by atoms with Gasteiger partial charge in [0.25, 0.3) is 0 Å². The van der Waals surface area contributed by atoms with Gasteiger partial charge in [0.05, 0.1) is 5.60 Å². The first-order valence-corrected chi connectivity index (χ1v) is 4.43. The van der Waals surface area contributed by atoms with Gasteiger partial charge in [0.15, 0.2) is 0 Å². The molecule has 1 atom stereocenters. The van der Waals surface area contributed by atoms with Crippen molar-refractivity contribution in [2.75, 3.05) is 5.73 Å². The van der Waals surface area contributed by atoms with Crippen LogP contribution in [0.25, 0.3) is 0 Å². The molecule has 13 heavy (non-hydrogen) atoms. The van der Waals surface area contributed by atoms with E-state index in [2.05, 4.69) is 4.98 Å². The summed E-state index contributed by atoms with van der Waals surface area (Å²) in [5, 5.41) is 10.0. The summed E-state index contributed by atoms with van der Waals surface area (Å²) in [5.41, 5.74) is 6.57. The molecule has 0 aromatic carbocycles. The first kappa shape index (κ1) is 9.99. The van der Waals surface area contributed by atoms with Crippen molar-refractivity contribution >= 4 is 5.82 Å². The van der Waals surface area contributed by atoms with Crippen molar-refractivity contribution in [3.63, 3.8) is 0 Å². The predicted octanol–water partition coefficient (Wildman–Crippen LogP) is 1.59. The van der Waals surface area contributed by atoms with Crippen molar-refractivity contribution < 1.29 is 5.11 Å². The van der Waals surface area contributed by atoms with E-state index < -0.39 is 5.60 Å². The molecule has 0 saturated heterocycles. The lowest BCUT2D eigenvalue weighted by Crippen LogP contribution is -2.23. The molecule has 0 amide bonds. The molecule has 0 bridgehead atoms. The first-order chi connectivity index (χ1) is 5.99.